The summed E-state index contributed by atoms with van der Waals surface area (Å²) in [7, 11) is 0. The summed E-state index contributed by atoms with van der Waals surface area (Å²) in [6, 6.07) is 10.0. The van der Waals surface area contributed by atoms with Gasteiger partial charge in [0.05, 0.1) is 11.9 Å². The van der Waals surface area contributed by atoms with E-state index in [2.05, 4.69) is 15.5 Å². The second-order valence-corrected chi connectivity index (χ2v) is 7.20. The largest absolute Gasteiger partial charge is 0.420 e. The topological polar surface area (TPSA) is 120 Å². The van der Waals surface area contributed by atoms with Gasteiger partial charge in [0.15, 0.2) is 5.58 Å². The summed E-state index contributed by atoms with van der Waals surface area (Å²) in [6.07, 6.45) is 0.635. The highest BCUT2D eigenvalue weighted by Crippen LogP contribution is 2.25. The average Bonchev–Trinajstić information content (AvgIpc) is 3.33. The number of aromatic nitrogens is 3. The third-order valence-corrected chi connectivity index (χ3v) is 5.12. The molecule has 1 aliphatic rings. The van der Waals surface area contributed by atoms with Crippen LogP contribution in [0.2, 0.25) is 0 Å². The molecule has 3 heterocycles. The van der Waals surface area contributed by atoms with Crippen LogP contribution in [-0.4, -0.2) is 26.5 Å². The van der Waals surface area contributed by atoms with Gasteiger partial charge in [0.2, 0.25) is 23.5 Å². The summed E-state index contributed by atoms with van der Waals surface area (Å²) in [6.45, 7) is 0. The summed E-state index contributed by atoms with van der Waals surface area (Å²) in [5, 5.41) is 6.17. The van der Waals surface area contributed by atoms with E-state index in [0.717, 1.165) is 5.56 Å². The molecule has 2 amide bonds. The molecule has 2 aromatic heterocycles. The molecular formula is C21H15FN4O5. The quantitative estimate of drug-likeness (QED) is 0.501. The molecule has 0 radical (unpaired) electrons. The molecule has 156 valence electrons. The molecule has 9 nitrogen and oxygen atoms in total. The molecule has 0 saturated carbocycles. The lowest BCUT2D eigenvalue weighted by Gasteiger charge is -2.21. The zero-order valence-corrected chi connectivity index (χ0v) is 16.0. The van der Waals surface area contributed by atoms with Crippen LogP contribution in [0, 0.1) is 5.82 Å². The average molecular weight is 422 g/mol. The fourth-order valence-electron chi connectivity index (χ4n) is 3.63. The Bertz CT molecular complexity index is 1370. The number of imide groups is 1. The molecule has 31 heavy (non-hydrogen) atoms. The third-order valence-electron chi connectivity index (χ3n) is 5.12. The zero-order valence-electron chi connectivity index (χ0n) is 16.0. The first-order chi connectivity index (χ1) is 15.0. The maximum atomic E-state index is 13.1. The predicted molar refractivity (Wildman–Crippen MR) is 104 cm³/mol. The molecule has 1 aliphatic heterocycles. The van der Waals surface area contributed by atoms with Gasteiger partial charge in [-0.2, -0.15) is 4.98 Å². The van der Waals surface area contributed by atoms with Gasteiger partial charge >= 0.3 is 5.76 Å². The van der Waals surface area contributed by atoms with E-state index in [0.29, 0.717) is 28.4 Å². The van der Waals surface area contributed by atoms with E-state index in [9.17, 15) is 18.8 Å². The Hall–Kier alpha value is -4.08. The molecule has 0 spiro atoms. The molecule has 10 heteroatoms. The zero-order chi connectivity index (χ0) is 21.5. The number of piperidine rings is 1. The van der Waals surface area contributed by atoms with E-state index in [1.54, 1.807) is 30.3 Å². The summed E-state index contributed by atoms with van der Waals surface area (Å²) < 4.78 is 24.9. The van der Waals surface area contributed by atoms with Gasteiger partial charge in [0.1, 0.15) is 11.9 Å². The second kappa shape index (κ2) is 7.31. The minimum atomic E-state index is -0.824. The van der Waals surface area contributed by atoms with Crippen molar-refractivity contribution < 1.29 is 22.9 Å². The van der Waals surface area contributed by atoms with Crippen LogP contribution in [0.3, 0.4) is 0 Å². The van der Waals surface area contributed by atoms with Crippen molar-refractivity contribution >= 4 is 22.9 Å². The number of hydrogen-bond acceptors (Lipinski definition) is 7. The Morgan fingerprint density at radius 3 is 2.71 bits per heavy atom. The van der Waals surface area contributed by atoms with Crippen LogP contribution < -0.4 is 11.1 Å². The first kappa shape index (κ1) is 18.9. The highest BCUT2D eigenvalue weighted by atomic mass is 19.1. The fraction of sp³-hybridized carbons (Fsp3) is 0.190. The standard InChI is InChI=1S/C21H15FN4O5/c22-13-4-2-12(3-5-13)19-24-18(31-25-19)10-11-1-7-16-15(9-11)26(21(29)30-16)14-6-8-17(27)23-20(14)28/h1-5,7,9,14H,6,8,10H2,(H,23,27,28). The van der Waals surface area contributed by atoms with Crippen molar-refractivity contribution in [2.45, 2.75) is 25.3 Å². The summed E-state index contributed by atoms with van der Waals surface area (Å²) >= 11 is 0. The van der Waals surface area contributed by atoms with E-state index >= 15 is 0 Å². The highest BCUT2D eigenvalue weighted by molar-refractivity contribution is 6.00. The van der Waals surface area contributed by atoms with Crippen LogP contribution >= 0.6 is 0 Å². The van der Waals surface area contributed by atoms with E-state index in [1.807, 2.05) is 0 Å². The van der Waals surface area contributed by atoms with Gasteiger partial charge in [-0.25, -0.2) is 9.18 Å². The van der Waals surface area contributed by atoms with Crippen molar-refractivity contribution in [3.8, 4) is 11.4 Å². The fourth-order valence-corrected chi connectivity index (χ4v) is 3.63. The van der Waals surface area contributed by atoms with E-state index in [1.165, 1.54) is 16.7 Å². The number of hydrogen-bond donors (Lipinski definition) is 1. The number of oxazole rings is 1. The third kappa shape index (κ3) is 3.52. The number of halogens is 1. The molecule has 1 atom stereocenters. The van der Waals surface area contributed by atoms with Gasteiger partial charge in [-0.05, 0) is 48.4 Å². The molecule has 1 N–H and O–H groups in total. The first-order valence-corrected chi connectivity index (χ1v) is 9.54. The Balaban J connectivity index is 1.45. The Kier molecular flexibility index (Phi) is 4.46. The molecule has 0 aliphatic carbocycles. The lowest BCUT2D eigenvalue weighted by molar-refractivity contribution is -0.135. The molecule has 4 aromatic rings. The minimum absolute atomic E-state index is 0.142. The van der Waals surface area contributed by atoms with Gasteiger partial charge in [-0.15, -0.1) is 0 Å². The second-order valence-electron chi connectivity index (χ2n) is 7.20. The lowest BCUT2D eigenvalue weighted by atomic mass is 10.1. The molecule has 1 saturated heterocycles. The number of nitrogens with one attached hydrogen (secondary N) is 1. The SMILES string of the molecule is O=C1CCC(n2c(=O)oc3ccc(Cc4nc(-c5ccc(F)cc5)no4)cc32)C(=O)N1. The smallest absolute Gasteiger partial charge is 0.408 e. The molecule has 0 bridgehead atoms. The molecule has 5 rings (SSSR count). The van der Waals surface area contributed by atoms with Crippen LogP contribution in [0.4, 0.5) is 4.39 Å². The number of rotatable bonds is 4. The number of benzene rings is 2. The van der Waals surface area contributed by atoms with Gasteiger partial charge in [0.25, 0.3) is 0 Å². The number of amides is 2. The van der Waals surface area contributed by atoms with Crippen LogP contribution in [-0.2, 0) is 16.0 Å². The predicted octanol–water partition coefficient (Wildman–Crippen LogP) is 2.35. The maximum absolute atomic E-state index is 13.1. The van der Waals surface area contributed by atoms with Gasteiger partial charge < -0.3 is 8.94 Å². The number of carbonyl (C=O) groups is 2. The van der Waals surface area contributed by atoms with Crippen molar-refractivity contribution in [3.05, 3.63) is 70.3 Å². The number of nitrogens with zero attached hydrogens (tertiary/aromatic N) is 3. The Morgan fingerprint density at radius 2 is 1.94 bits per heavy atom. The molecule has 1 fully saturated rings. The van der Waals surface area contributed by atoms with Crippen LogP contribution in [0.5, 0.6) is 0 Å². The van der Waals surface area contributed by atoms with Gasteiger partial charge in [-0.1, -0.05) is 11.2 Å². The first-order valence-electron chi connectivity index (χ1n) is 9.54. The maximum Gasteiger partial charge on any atom is 0.420 e. The highest BCUT2D eigenvalue weighted by Gasteiger charge is 2.31. The van der Waals surface area contributed by atoms with Crippen molar-refractivity contribution in [1.82, 2.24) is 20.0 Å². The summed E-state index contributed by atoms with van der Waals surface area (Å²) in [5.41, 5.74) is 2.14. The van der Waals surface area contributed by atoms with E-state index in [-0.39, 0.29) is 31.0 Å². The molecular weight excluding hydrogens is 407 g/mol. The van der Waals surface area contributed by atoms with Crippen molar-refractivity contribution in [1.29, 1.82) is 0 Å². The van der Waals surface area contributed by atoms with Crippen molar-refractivity contribution in [3.63, 3.8) is 0 Å². The molecule has 1 unspecified atom stereocenters. The van der Waals surface area contributed by atoms with Crippen LogP contribution in [0.1, 0.15) is 30.3 Å². The van der Waals surface area contributed by atoms with Gasteiger partial charge in [0, 0.05) is 12.0 Å². The lowest BCUT2D eigenvalue weighted by Crippen LogP contribution is -2.43. The normalized spacial score (nSPS) is 16.6. The number of fused-ring (bicyclic) bond motifs is 1. The van der Waals surface area contributed by atoms with Crippen LogP contribution in [0.15, 0.2) is 56.2 Å². The van der Waals surface area contributed by atoms with Crippen LogP contribution in [0.25, 0.3) is 22.5 Å². The van der Waals surface area contributed by atoms with Gasteiger partial charge in [-0.3, -0.25) is 19.5 Å². The van der Waals surface area contributed by atoms with Crippen molar-refractivity contribution in [2.24, 2.45) is 0 Å². The van der Waals surface area contributed by atoms with E-state index in [4.69, 9.17) is 8.94 Å². The molecule has 2 aromatic carbocycles. The Morgan fingerprint density at radius 1 is 1.13 bits per heavy atom. The summed E-state index contributed by atoms with van der Waals surface area (Å²) in [5.74, 6) is -1.26. The van der Waals surface area contributed by atoms with E-state index < -0.39 is 17.7 Å². The monoisotopic (exact) mass is 422 g/mol. The number of carbonyl (C=O) groups excluding carboxylic acids is 2. The minimum Gasteiger partial charge on any atom is -0.408 e. The summed E-state index contributed by atoms with van der Waals surface area (Å²) in [4.78, 5) is 40.4. The Labute approximate surface area is 173 Å². The van der Waals surface area contributed by atoms with Crippen molar-refractivity contribution in [2.75, 3.05) is 0 Å².